The number of hydrogen-bond acceptors (Lipinski definition) is 3. The van der Waals surface area contributed by atoms with Gasteiger partial charge in [0, 0.05) is 32.0 Å². The maximum absolute atomic E-state index is 8.88. The Morgan fingerprint density at radius 3 is 2.06 bits per heavy atom. The largest absolute Gasteiger partial charge is 0.396 e. The number of nitrogens with zero attached hydrogens (tertiary/aromatic N) is 1. The Morgan fingerprint density at radius 1 is 1.00 bits per heavy atom. The van der Waals surface area contributed by atoms with Gasteiger partial charge < -0.3 is 15.1 Å². The van der Waals surface area contributed by atoms with E-state index in [2.05, 4.69) is 24.0 Å². The monoisotopic (exact) mass is 223 g/mol. The molecular weight excluding hydrogens is 202 g/mol. The van der Waals surface area contributed by atoms with E-state index >= 15 is 0 Å². The Balaban J connectivity index is 2.70. The van der Waals surface area contributed by atoms with Crippen molar-refractivity contribution in [3.05, 3.63) is 29.8 Å². The van der Waals surface area contributed by atoms with Crippen LogP contribution in [0.2, 0.25) is 0 Å². The predicted molar refractivity (Wildman–Crippen MR) is 66.8 cm³/mol. The van der Waals surface area contributed by atoms with Crippen LogP contribution in [0.15, 0.2) is 24.3 Å². The van der Waals surface area contributed by atoms with Crippen LogP contribution >= 0.6 is 0 Å². The smallest absolute Gasteiger partial charge is 0.0447 e. The maximum Gasteiger partial charge on any atom is 0.0447 e. The molecule has 3 heteroatoms. The number of benzene rings is 1. The third-order valence-electron chi connectivity index (χ3n) is 2.63. The SMILES string of the molecule is Cc1ccccc1N(CCCO)CCCO. The molecule has 2 N–H and O–H groups in total. The fraction of sp³-hybridized carbons (Fsp3) is 0.538. The summed E-state index contributed by atoms with van der Waals surface area (Å²) in [5, 5.41) is 17.8. The van der Waals surface area contributed by atoms with Gasteiger partial charge in [-0.2, -0.15) is 0 Å². The average molecular weight is 223 g/mol. The number of hydrogen-bond donors (Lipinski definition) is 2. The van der Waals surface area contributed by atoms with Gasteiger partial charge in [0.1, 0.15) is 0 Å². The van der Waals surface area contributed by atoms with Crippen molar-refractivity contribution in [1.82, 2.24) is 0 Å². The molecular formula is C13H21NO2. The van der Waals surface area contributed by atoms with Crippen LogP contribution in [-0.4, -0.2) is 36.5 Å². The summed E-state index contributed by atoms with van der Waals surface area (Å²) in [6.07, 6.45) is 1.53. The third-order valence-corrected chi connectivity index (χ3v) is 2.63. The quantitative estimate of drug-likeness (QED) is 0.737. The molecule has 3 nitrogen and oxygen atoms in total. The predicted octanol–water partition coefficient (Wildman–Crippen LogP) is 1.57. The molecule has 0 saturated carbocycles. The van der Waals surface area contributed by atoms with Gasteiger partial charge in [0.05, 0.1) is 0 Å². The first-order chi connectivity index (χ1) is 7.79. The molecule has 0 aliphatic carbocycles. The summed E-state index contributed by atoms with van der Waals surface area (Å²) in [6.45, 7) is 4.17. The normalized spacial score (nSPS) is 10.4. The van der Waals surface area contributed by atoms with Gasteiger partial charge in [0.15, 0.2) is 0 Å². The molecule has 0 aliphatic rings. The van der Waals surface area contributed by atoms with E-state index in [1.807, 2.05) is 12.1 Å². The zero-order valence-electron chi connectivity index (χ0n) is 9.89. The molecule has 90 valence electrons. The van der Waals surface area contributed by atoms with Crippen molar-refractivity contribution in [3.63, 3.8) is 0 Å². The minimum atomic E-state index is 0.210. The third kappa shape index (κ3) is 3.83. The van der Waals surface area contributed by atoms with Crippen LogP contribution in [0.5, 0.6) is 0 Å². The fourth-order valence-electron chi connectivity index (χ4n) is 1.79. The van der Waals surface area contributed by atoms with Crippen LogP contribution in [0.25, 0.3) is 0 Å². The number of aliphatic hydroxyl groups excluding tert-OH is 2. The molecule has 1 rings (SSSR count). The molecule has 0 fully saturated rings. The van der Waals surface area contributed by atoms with Gasteiger partial charge in [0.25, 0.3) is 0 Å². The Hall–Kier alpha value is -1.06. The van der Waals surface area contributed by atoms with Gasteiger partial charge in [-0.25, -0.2) is 0 Å². The zero-order valence-corrected chi connectivity index (χ0v) is 9.89. The number of aliphatic hydroxyl groups is 2. The first-order valence-electron chi connectivity index (χ1n) is 5.82. The van der Waals surface area contributed by atoms with E-state index in [-0.39, 0.29) is 13.2 Å². The number of anilines is 1. The maximum atomic E-state index is 8.88. The molecule has 0 amide bonds. The molecule has 1 aromatic carbocycles. The van der Waals surface area contributed by atoms with Gasteiger partial charge in [-0.3, -0.25) is 0 Å². The molecule has 16 heavy (non-hydrogen) atoms. The summed E-state index contributed by atoms with van der Waals surface area (Å²) >= 11 is 0. The Bertz CT molecular complexity index is 294. The van der Waals surface area contributed by atoms with Crippen molar-refractivity contribution < 1.29 is 10.2 Å². The van der Waals surface area contributed by atoms with Gasteiger partial charge in [-0.15, -0.1) is 0 Å². The van der Waals surface area contributed by atoms with Crippen LogP contribution in [0.4, 0.5) is 5.69 Å². The van der Waals surface area contributed by atoms with Crippen molar-refractivity contribution >= 4 is 5.69 Å². The highest BCUT2D eigenvalue weighted by Gasteiger charge is 2.07. The fourth-order valence-corrected chi connectivity index (χ4v) is 1.79. The highest BCUT2D eigenvalue weighted by Crippen LogP contribution is 2.19. The number of rotatable bonds is 7. The van der Waals surface area contributed by atoms with Crippen LogP contribution < -0.4 is 4.90 Å². The molecule has 0 radical (unpaired) electrons. The van der Waals surface area contributed by atoms with Crippen molar-refractivity contribution in [3.8, 4) is 0 Å². The first-order valence-corrected chi connectivity index (χ1v) is 5.82. The van der Waals surface area contributed by atoms with Crippen LogP contribution in [0, 0.1) is 6.92 Å². The lowest BCUT2D eigenvalue weighted by molar-refractivity contribution is 0.282. The molecule has 0 aliphatic heterocycles. The molecule has 0 atom stereocenters. The van der Waals surface area contributed by atoms with E-state index in [1.54, 1.807) is 0 Å². The Morgan fingerprint density at radius 2 is 1.56 bits per heavy atom. The first kappa shape index (κ1) is 13.0. The lowest BCUT2D eigenvalue weighted by atomic mass is 10.1. The highest BCUT2D eigenvalue weighted by molar-refractivity contribution is 5.52. The Labute approximate surface area is 97.3 Å². The second-order valence-corrected chi connectivity index (χ2v) is 3.93. The number of para-hydroxylation sites is 1. The molecule has 1 aromatic rings. The summed E-state index contributed by atoms with van der Waals surface area (Å²) in [5.74, 6) is 0. The van der Waals surface area contributed by atoms with Gasteiger partial charge >= 0.3 is 0 Å². The van der Waals surface area contributed by atoms with E-state index in [1.165, 1.54) is 11.3 Å². The molecule has 0 unspecified atom stereocenters. The molecule has 0 bridgehead atoms. The lowest BCUT2D eigenvalue weighted by Crippen LogP contribution is -2.27. The second kappa shape index (κ2) is 7.25. The summed E-state index contributed by atoms with van der Waals surface area (Å²) in [4.78, 5) is 2.22. The summed E-state index contributed by atoms with van der Waals surface area (Å²) in [7, 11) is 0. The van der Waals surface area contributed by atoms with Crippen LogP contribution in [-0.2, 0) is 0 Å². The lowest BCUT2D eigenvalue weighted by Gasteiger charge is -2.26. The molecule has 0 heterocycles. The van der Waals surface area contributed by atoms with Gasteiger partial charge in [-0.1, -0.05) is 18.2 Å². The minimum Gasteiger partial charge on any atom is -0.396 e. The van der Waals surface area contributed by atoms with Crippen LogP contribution in [0.1, 0.15) is 18.4 Å². The summed E-state index contributed by atoms with van der Waals surface area (Å²) in [5.41, 5.74) is 2.43. The summed E-state index contributed by atoms with van der Waals surface area (Å²) in [6, 6.07) is 8.21. The minimum absolute atomic E-state index is 0.210. The van der Waals surface area contributed by atoms with Gasteiger partial charge in [0.2, 0.25) is 0 Å². The van der Waals surface area contributed by atoms with E-state index in [9.17, 15) is 0 Å². The second-order valence-electron chi connectivity index (χ2n) is 3.93. The van der Waals surface area contributed by atoms with E-state index < -0.39 is 0 Å². The van der Waals surface area contributed by atoms with Crippen molar-refractivity contribution in [2.45, 2.75) is 19.8 Å². The molecule has 0 saturated heterocycles. The standard InChI is InChI=1S/C13H21NO2/c1-12-6-2-3-7-13(12)14(8-4-10-15)9-5-11-16/h2-3,6-7,15-16H,4-5,8-11H2,1H3. The molecule has 0 aromatic heterocycles. The van der Waals surface area contributed by atoms with E-state index in [4.69, 9.17) is 10.2 Å². The topological polar surface area (TPSA) is 43.7 Å². The number of aryl methyl sites for hydroxylation is 1. The molecule has 0 spiro atoms. The highest BCUT2D eigenvalue weighted by atomic mass is 16.3. The Kier molecular flexibility index (Phi) is 5.90. The van der Waals surface area contributed by atoms with Gasteiger partial charge in [-0.05, 0) is 31.4 Å². The van der Waals surface area contributed by atoms with E-state index in [0.717, 1.165) is 25.9 Å². The van der Waals surface area contributed by atoms with Crippen LogP contribution in [0.3, 0.4) is 0 Å². The van der Waals surface area contributed by atoms with E-state index in [0.29, 0.717) is 0 Å². The summed E-state index contributed by atoms with van der Waals surface area (Å²) < 4.78 is 0. The van der Waals surface area contributed by atoms with Crippen molar-refractivity contribution in [2.24, 2.45) is 0 Å². The van der Waals surface area contributed by atoms with Crippen molar-refractivity contribution in [2.75, 3.05) is 31.2 Å². The van der Waals surface area contributed by atoms with Crippen molar-refractivity contribution in [1.29, 1.82) is 0 Å². The average Bonchev–Trinajstić information content (AvgIpc) is 2.31. The zero-order chi connectivity index (χ0) is 11.8.